The van der Waals surface area contributed by atoms with Crippen molar-refractivity contribution in [2.45, 2.75) is 33.2 Å². The lowest BCUT2D eigenvalue weighted by Gasteiger charge is -2.12. The maximum atomic E-state index is 6.48. The number of nitrogens with zero attached hydrogens (tertiary/aromatic N) is 2. The minimum Gasteiger partial charge on any atom is -0.494 e. The Bertz CT molecular complexity index is 1210. The third-order valence-corrected chi connectivity index (χ3v) is 6.43. The van der Waals surface area contributed by atoms with Gasteiger partial charge in [0.25, 0.3) is 0 Å². The monoisotopic (exact) mass is 472 g/mol. The van der Waals surface area contributed by atoms with Gasteiger partial charge in [0.05, 0.1) is 22.7 Å². The summed E-state index contributed by atoms with van der Waals surface area (Å²) in [6.07, 6.45) is 1.87. The molecule has 0 fully saturated rings. The van der Waals surface area contributed by atoms with Crippen molar-refractivity contribution in [2.75, 3.05) is 6.61 Å². The van der Waals surface area contributed by atoms with Gasteiger partial charge in [-0.1, -0.05) is 46.9 Å². The van der Waals surface area contributed by atoms with Crippen molar-refractivity contribution in [1.29, 1.82) is 0 Å². The molecule has 0 saturated heterocycles. The second kappa shape index (κ2) is 9.52. The van der Waals surface area contributed by atoms with Gasteiger partial charge in [0, 0.05) is 22.2 Å². The Kier molecular flexibility index (Phi) is 6.76. The summed E-state index contributed by atoms with van der Waals surface area (Å²) < 4.78 is 8.18. The predicted molar refractivity (Wildman–Crippen MR) is 131 cm³/mol. The number of aromatic nitrogens is 2. The van der Waals surface area contributed by atoms with Crippen molar-refractivity contribution >= 4 is 45.8 Å². The van der Waals surface area contributed by atoms with Crippen molar-refractivity contribution in [3.63, 3.8) is 0 Å². The van der Waals surface area contributed by atoms with Crippen LogP contribution in [0.5, 0.6) is 5.75 Å². The number of fused-ring (bicyclic) bond motifs is 1. The quantitative estimate of drug-likeness (QED) is 0.253. The smallest absolute Gasteiger partial charge is 0.142 e. The van der Waals surface area contributed by atoms with E-state index in [1.54, 1.807) is 6.07 Å². The van der Waals surface area contributed by atoms with Gasteiger partial charge in [-0.2, -0.15) is 0 Å². The molecule has 0 bridgehead atoms. The lowest BCUT2D eigenvalue weighted by Crippen LogP contribution is -2.04. The molecule has 0 N–H and O–H groups in total. The van der Waals surface area contributed by atoms with E-state index >= 15 is 0 Å². The average Bonchev–Trinajstić information content (AvgIpc) is 3.10. The van der Waals surface area contributed by atoms with Crippen molar-refractivity contribution in [3.8, 4) is 17.1 Å². The Balaban J connectivity index is 1.48. The Morgan fingerprint density at radius 2 is 1.65 bits per heavy atom. The van der Waals surface area contributed by atoms with E-state index in [1.807, 2.05) is 56.3 Å². The van der Waals surface area contributed by atoms with Crippen LogP contribution >= 0.6 is 34.8 Å². The van der Waals surface area contributed by atoms with E-state index in [0.29, 0.717) is 16.7 Å². The van der Waals surface area contributed by atoms with Crippen LogP contribution in [0.2, 0.25) is 15.1 Å². The first-order chi connectivity index (χ1) is 14.9. The maximum absolute atomic E-state index is 6.48. The second-order valence-corrected chi connectivity index (χ2v) is 8.85. The van der Waals surface area contributed by atoms with Crippen LogP contribution in [0.3, 0.4) is 0 Å². The largest absolute Gasteiger partial charge is 0.494 e. The van der Waals surface area contributed by atoms with E-state index in [1.165, 1.54) is 0 Å². The summed E-state index contributed by atoms with van der Waals surface area (Å²) >= 11 is 18.8. The number of imidazole rings is 1. The van der Waals surface area contributed by atoms with Gasteiger partial charge in [0.1, 0.15) is 11.6 Å². The highest BCUT2D eigenvalue weighted by atomic mass is 35.5. The highest BCUT2D eigenvalue weighted by molar-refractivity contribution is 6.36. The second-order valence-electron chi connectivity index (χ2n) is 7.63. The van der Waals surface area contributed by atoms with Gasteiger partial charge in [-0.05, 0) is 80.3 Å². The van der Waals surface area contributed by atoms with Crippen molar-refractivity contribution in [1.82, 2.24) is 9.55 Å². The number of benzene rings is 3. The Hall–Kier alpha value is -2.20. The fraction of sp³-hybridized carbons (Fsp3) is 0.240. The highest BCUT2D eigenvalue weighted by Crippen LogP contribution is 2.32. The van der Waals surface area contributed by atoms with Crippen LogP contribution in [-0.2, 0) is 6.54 Å². The maximum Gasteiger partial charge on any atom is 0.142 e. The minimum absolute atomic E-state index is 0.598. The molecule has 0 aliphatic rings. The van der Waals surface area contributed by atoms with Gasteiger partial charge in [0.15, 0.2) is 0 Å². The normalized spacial score (nSPS) is 11.3. The summed E-state index contributed by atoms with van der Waals surface area (Å²) in [5.74, 6) is 1.72. The number of para-hydroxylation sites is 2. The zero-order valence-electron chi connectivity index (χ0n) is 17.5. The summed E-state index contributed by atoms with van der Waals surface area (Å²) in [6, 6.07) is 17.6. The van der Waals surface area contributed by atoms with Crippen molar-refractivity contribution < 1.29 is 4.74 Å². The summed E-state index contributed by atoms with van der Waals surface area (Å²) in [5, 5.41) is 2.01. The Morgan fingerprint density at radius 3 is 2.39 bits per heavy atom. The number of unbranched alkanes of at least 4 members (excludes halogenated alkanes) is 1. The predicted octanol–water partition coefficient (Wildman–Crippen LogP) is 8.14. The minimum atomic E-state index is 0.598. The van der Waals surface area contributed by atoms with E-state index in [0.717, 1.165) is 63.7 Å². The lowest BCUT2D eigenvalue weighted by atomic mass is 10.1. The van der Waals surface area contributed by atoms with Gasteiger partial charge < -0.3 is 9.30 Å². The zero-order chi connectivity index (χ0) is 22.0. The molecule has 3 aromatic carbocycles. The molecule has 1 heterocycles. The van der Waals surface area contributed by atoms with Crippen LogP contribution in [0.4, 0.5) is 0 Å². The van der Waals surface area contributed by atoms with E-state index < -0.39 is 0 Å². The number of halogens is 3. The lowest BCUT2D eigenvalue weighted by molar-refractivity contribution is 0.303. The molecule has 0 aliphatic heterocycles. The summed E-state index contributed by atoms with van der Waals surface area (Å²) in [7, 11) is 0. The number of aryl methyl sites for hydroxylation is 3. The van der Waals surface area contributed by atoms with E-state index in [9.17, 15) is 0 Å². The van der Waals surface area contributed by atoms with Gasteiger partial charge in [-0.15, -0.1) is 0 Å². The number of ether oxygens (including phenoxy) is 1. The first-order valence-electron chi connectivity index (χ1n) is 10.2. The molecule has 0 spiro atoms. The van der Waals surface area contributed by atoms with Crippen LogP contribution in [-0.4, -0.2) is 16.2 Å². The number of hydrogen-bond donors (Lipinski definition) is 0. The molecule has 1 aromatic heterocycles. The van der Waals surface area contributed by atoms with E-state index in [2.05, 4.69) is 10.6 Å². The molecule has 0 radical (unpaired) electrons. The first-order valence-corrected chi connectivity index (χ1v) is 11.4. The molecule has 3 nitrogen and oxygen atoms in total. The highest BCUT2D eigenvalue weighted by Gasteiger charge is 2.15. The molecule has 31 heavy (non-hydrogen) atoms. The number of hydrogen-bond acceptors (Lipinski definition) is 2. The van der Waals surface area contributed by atoms with Crippen molar-refractivity contribution in [2.24, 2.45) is 0 Å². The fourth-order valence-electron chi connectivity index (χ4n) is 3.73. The molecule has 0 saturated carbocycles. The standard InChI is InChI=1S/C25H23Cl3N2O/c1-16-13-19(14-17(2)24(16)28)31-12-6-5-11-30-23-8-4-3-7-22(23)29-25(30)20-10-9-18(26)15-21(20)27/h3-4,7-10,13-15H,5-6,11-12H2,1-2H3. The third kappa shape index (κ3) is 4.85. The van der Waals surface area contributed by atoms with Crippen LogP contribution in [0.15, 0.2) is 54.6 Å². The van der Waals surface area contributed by atoms with Crippen LogP contribution < -0.4 is 4.74 Å². The molecule has 0 amide bonds. The third-order valence-electron chi connectivity index (χ3n) is 5.28. The Labute approximate surface area is 197 Å². The van der Waals surface area contributed by atoms with Crippen LogP contribution in [0.25, 0.3) is 22.4 Å². The summed E-state index contributed by atoms with van der Waals surface area (Å²) in [4.78, 5) is 4.84. The molecule has 0 aliphatic carbocycles. The SMILES string of the molecule is Cc1cc(OCCCCn2c(-c3ccc(Cl)cc3Cl)nc3ccccc32)cc(C)c1Cl. The topological polar surface area (TPSA) is 27.1 Å². The van der Waals surface area contributed by atoms with Crippen LogP contribution in [0.1, 0.15) is 24.0 Å². The average molecular weight is 474 g/mol. The van der Waals surface area contributed by atoms with Gasteiger partial charge in [0.2, 0.25) is 0 Å². The molecule has 0 unspecified atom stereocenters. The number of rotatable bonds is 7. The van der Waals surface area contributed by atoms with Gasteiger partial charge in [-0.25, -0.2) is 4.98 Å². The zero-order valence-corrected chi connectivity index (χ0v) is 19.7. The summed E-state index contributed by atoms with van der Waals surface area (Å²) in [6.45, 7) is 5.45. The van der Waals surface area contributed by atoms with E-state index in [4.69, 9.17) is 44.5 Å². The molecule has 160 valence electrons. The first kappa shape index (κ1) is 22.0. The van der Waals surface area contributed by atoms with Gasteiger partial charge >= 0.3 is 0 Å². The fourth-order valence-corrected chi connectivity index (χ4v) is 4.33. The van der Waals surface area contributed by atoms with E-state index in [-0.39, 0.29) is 0 Å². The molecule has 0 atom stereocenters. The molecular weight excluding hydrogens is 451 g/mol. The summed E-state index contributed by atoms with van der Waals surface area (Å²) in [5.41, 5.74) is 4.99. The van der Waals surface area contributed by atoms with Crippen LogP contribution in [0, 0.1) is 13.8 Å². The van der Waals surface area contributed by atoms with Gasteiger partial charge in [-0.3, -0.25) is 0 Å². The molecule has 6 heteroatoms. The van der Waals surface area contributed by atoms with Crippen molar-refractivity contribution in [3.05, 3.63) is 80.8 Å². The molecule has 4 rings (SSSR count). The Morgan fingerprint density at radius 1 is 0.903 bits per heavy atom. The molecular formula is C25H23Cl3N2O. The molecule has 4 aromatic rings.